The topological polar surface area (TPSA) is 51.2 Å². The number of hydrogen-bond donors (Lipinski definition) is 1. The first kappa shape index (κ1) is 25.0. The third-order valence-electron chi connectivity index (χ3n) is 10.5. The van der Waals surface area contributed by atoms with Gasteiger partial charge in [-0.3, -0.25) is 0 Å². The molecule has 1 aliphatic heterocycles. The van der Waals surface area contributed by atoms with Crippen LogP contribution < -0.4 is 4.57 Å². The van der Waals surface area contributed by atoms with E-state index in [-0.39, 0.29) is 5.41 Å². The Morgan fingerprint density at radius 1 is 0.902 bits per heavy atom. The Balaban J connectivity index is 1.62. The van der Waals surface area contributed by atoms with Crippen LogP contribution in [0.2, 0.25) is 0 Å². The maximum Gasteiger partial charge on any atom is 0.290 e. The molecule has 1 N–H and O–H groups in total. The van der Waals surface area contributed by atoms with Gasteiger partial charge in [0.25, 0.3) is 12.0 Å². The standard InChI is InChI=1S/C36H36N3O2/c1-33(2,3)19-22-12-10-14-25-23(22)16-17-26-28(25)31-30-29-24-13-9-8-11-21(24)15-18-27(29)38(6)32(30)37-20-39(31)35(5)34(26,4)36(35,40)41-7/h8-18,20,40H,19H2,1-7H3/q+1. The van der Waals surface area contributed by atoms with Crippen LogP contribution in [0.25, 0.3) is 54.7 Å². The molecule has 0 bridgehead atoms. The molecule has 0 radical (unpaired) electrons. The van der Waals surface area contributed by atoms with E-state index in [1.165, 1.54) is 38.1 Å². The fourth-order valence-electron chi connectivity index (χ4n) is 8.34. The summed E-state index contributed by atoms with van der Waals surface area (Å²) in [7, 11) is 3.72. The lowest BCUT2D eigenvalue weighted by Gasteiger charge is -2.28. The number of methoxy groups -OCH3 is 1. The van der Waals surface area contributed by atoms with Gasteiger partial charge in [-0.15, -0.1) is 0 Å². The molecule has 1 fully saturated rings. The van der Waals surface area contributed by atoms with E-state index in [0.29, 0.717) is 0 Å². The first-order chi connectivity index (χ1) is 19.5. The van der Waals surface area contributed by atoms with Gasteiger partial charge in [0.2, 0.25) is 5.79 Å². The molecular formula is C36H36N3O2+. The highest BCUT2D eigenvalue weighted by molar-refractivity contribution is 6.24. The van der Waals surface area contributed by atoms with Crippen molar-refractivity contribution in [3.63, 3.8) is 0 Å². The smallest absolute Gasteiger partial charge is 0.290 e. The van der Waals surface area contributed by atoms with Crippen molar-refractivity contribution in [3.8, 4) is 11.3 Å². The van der Waals surface area contributed by atoms with Crippen LogP contribution in [0.4, 0.5) is 0 Å². The monoisotopic (exact) mass is 542 g/mol. The van der Waals surface area contributed by atoms with Crippen LogP contribution in [0, 0.1) is 5.41 Å². The number of aryl methyl sites for hydroxylation is 1. The molecular weight excluding hydrogens is 506 g/mol. The number of aromatic nitrogens is 3. The van der Waals surface area contributed by atoms with Crippen LogP contribution in [0.5, 0.6) is 0 Å². The summed E-state index contributed by atoms with van der Waals surface area (Å²) in [6.45, 7) is 11.1. The zero-order valence-electron chi connectivity index (χ0n) is 24.8. The first-order valence-electron chi connectivity index (χ1n) is 14.5. The van der Waals surface area contributed by atoms with Gasteiger partial charge in [0.15, 0.2) is 5.54 Å². The van der Waals surface area contributed by atoms with Crippen LogP contribution in [-0.4, -0.2) is 27.6 Å². The summed E-state index contributed by atoms with van der Waals surface area (Å²) in [6.07, 6.45) is 2.90. The average Bonchev–Trinajstić information content (AvgIpc) is 3.19. The normalized spacial score (nSPS) is 25.1. The molecule has 0 spiro atoms. The fraction of sp³-hybridized carbons (Fsp3) is 0.333. The highest BCUT2D eigenvalue weighted by atomic mass is 16.6. The molecule has 8 rings (SSSR count). The van der Waals surface area contributed by atoms with Crippen molar-refractivity contribution in [2.45, 2.75) is 57.8 Å². The van der Waals surface area contributed by atoms with E-state index >= 15 is 0 Å². The molecule has 3 heterocycles. The predicted octanol–water partition coefficient (Wildman–Crippen LogP) is 6.91. The van der Waals surface area contributed by atoms with E-state index in [1.54, 1.807) is 7.11 Å². The van der Waals surface area contributed by atoms with Crippen molar-refractivity contribution in [3.05, 3.63) is 84.2 Å². The first-order valence-corrected chi connectivity index (χ1v) is 14.5. The molecule has 3 atom stereocenters. The van der Waals surface area contributed by atoms with Crippen molar-refractivity contribution in [1.82, 2.24) is 9.55 Å². The highest BCUT2D eigenvalue weighted by Crippen LogP contribution is 2.72. The maximum absolute atomic E-state index is 12.2. The third-order valence-corrected chi connectivity index (χ3v) is 10.5. The van der Waals surface area contributed by atoms with Crippen molar-refractivity contribution in [2.24, 2.45) is 12.5 Å². The van der Waals surface area contributed by atoms with Crippen LogP contribution >= 0.6 is 0 Å². The zero-order chi connectivity index (χ0) is 28.7. The van der Waals surface area contributed by atoms with Crippen molar-refractivity contribution < 1.29 is 14.4 Å². The van der Waals surface area contributed by atoms with E-state index in [2.05, 4.69) is 118 Å². The van der Waals surface area contributed by atoms with Gasteiger partial charge in [-0.1, -0.05) is 81.4 Å². The predicted molar refractivity (Wildman–Crippen MR) is 165 cm³/mol. The second-order valence-corrected chi connectivity index (χ2v) is 13.7. The number of benzene rings is 4. The fourth-order valence-corrected chi connectivity index (χ4v) is 8.34. The number of nitrogens with zero attached hydrogens (tertiary/aromatic N) is 3. The number of ether oxygens (including phenoxy) is 1. The molecule has 0 saturated heterocycles. The van der Waals surface area contributed by atoms with Crippen molar-refractivity contribution in [2.75, 3.05) is 7.11 Å². The number of fused-ring (bicyclic) bond motifs is 14. The van der Waals surface area contributed by atoms with E-state index in [9.17, 15) is 5.11 Å². The number of rotatable bonds is 2. The lowest BCUT2D eigenvalue weighted by molar-refractivity contribution is -0.743. The summed E-state index contributed by atoms with van der Waals surface area (Å²) >= 11 is 0. The van der Waals surface area contributed by atoms with Gasteiger partial charge in [0.05, 0.1) is 5.52 Å². The lowest BCUT2D eigenvalue weighted by atomic mass is 9.79. The largest absolute Gasteiger partial charge is 0.361 e. The summed E-state index contributed by atoms with van der Waals surface area (Å²) in [5, 5.41) is 19.4. The van der Waals surface area contributed by atoms with Crippen LogP contribution in [0.3, 0.4) is 0 Å². The summed E-state index contributed by atoms with van der Waals surface area (Å²) in [4.78, 5) is 5.07. The van der Waals surface area contributed by atoms with Crippen LogP contribution in [0.1, 0.15) is 45.7 Å². The maximum atomic E-state index is 12.2. The average molecular weight is 543 g/mol. The Morgan fingerprint density at radius 3 is 2.41 bits per heavy atom. The van der Waals surface area contributed by atoms with Gasteiger partial charge in [-0.05, 0) is 69.4 Å². The summed E-state index contributed by atoms with van der Waals surface area (Å²) in [5.74, 6) is -1.39. The molecule has 5 nitrogen and oxygen atoms in total. The molecule has 2 aromatic heterocycles. The Labute approximate surface area is 240 Å². The SMILES string of the molecule is COC1(O)C2(C)c3ccc4c(CC(C)(C)C)cccc4c3-c3c4c5c6ccccc6ccc5n(C)c4nc[n+]3C12C. The molecule has 206 valence electrons. The van der Waals surface area contributed by atoms with E-state index in [4.69, 9.17) is 9.72 Å². The van der Waals surface area contributed by atoms with Gasteiger partial charge < -0.3 is 14.4 Å². The van der Waals surface area contributed by atoms with Gasteiger partial charge >= 0.3 is 0 Å². The van der Waals surface area contributed by atoms with Gasteiger partial charge in [0, 0.05) is 25.1 Å². The molecule has 1 aliphatic carbocycles. The molecule has 0 amide bonds. The quantitative estimate of drug-likeness (QED) is 0.191. The zero-order valence-corrected chi connectivity index (χ0v) is 24.8. The van der Waals surface area contributed by atoms with Crippen molar-refractivity contribution >= 4 is 43.5 Å². The van der Waals surface area contributed by atoms with Crippen molar-refractivity contribution in [1.29, 1.82) is 0 Å². The highest BCUT2D eigenvalue weighted by Gasteiger charge is 2.91. The summed E-state index contributed by atoms with van der Waals surface area (Å²) < 4.78 is 10.4. The van der Waals surface area contributed by atoms with Crippen LogP contribution in [0.15, 0.2) is 73.1 Å². The summed E-state index contributed by atoms with van der Waals surface area (Å²) in [6, 6.07) is 24.2. The number of hydrogen-bond acceptors (Lipinski definition) is 3. The van der Waals surface area contributed by atoms with E-state index in [0.717, 1.165) is 34.2 Å². The Hall–Kier alpha value is -3.80. The molecule has 6 aromatic rings. The second-order valence-electron chi connectivity index (χ2n) is 13.7. The number of aliphatic hydroxyl groups is 1. The Bertz CT molecular complexity index is 2120. The Morgan fingerprint density at radius 2 is 1.66 bits per heavy atom. The third kappa shape index (κ3) is 2.70. The summed E-state index contributed by atoms with van der Waals surface area (Å²) in [5.41, 5.74) is 5.57. The van der Waals surface area contributed by atoms with Gasteiger partial charge in [0.1, 0.15) is 16.5 Å². The van der Waals surface area contributed by atoms with E-state index < -0.39 is 16.7 Å². The Kier molecular flexibility index (Phi) is 4.58. The molecule has 41 heavy (non-hydrogen) atoms. The molecule has 5 heteroatoms. The molecule has 1 saturated carbocycles. The van der Waals surface area contributed by atoms with Gasteiger partial charge in [-0.25, -0.2) is 4.57 Å². The minimum absolute atomic E-state index is 0.153. The van der Waals surface area contributed by atoms with E-state index in [1.807, 2.05) is 6.33 Å². The van der Waals surface area contributed by atoms with Gasteiger partial charge in [-0.2, -0.15) is 0 Å². The molecule has 3 unspecified atom stereocenters. The van der Waals surface area contributed by atoms with Crippen LogP contribution in [-0.2, 0) is 29.2 Å². The lowest BCUT2D eigenvalue weighted by Crippen LogP contribution is -2.55. The molecule has 4 aromatic carbocycles. The second kappa shape index (κ2) is 7.53. The molecule has 2 aliphatic rings. The minimum Gasteiger partial charge on any atom is -0.361 e. The minimum atomic E-state index is -1.39.